The zero-order valence-electron chi connectivity index (χ0n) is 27.0. The molecule has 0 amide bonds. The first-order valence-electron chi connectivity index (χ1n) is 16.8. The summed E-state index contributed by atoms with van der Waals surface area (Å²) in [6.45, 7) is 0. The average molecular weight is 675 g/mol. The number of thiophene rings is 2. The van der Waals surface area contributed by atoms with Gasteiger partial charge in [0.05, 0.1) is 0 Å². The van der Waals surface area contributed by atoms with E-state index in [0.717, 1.165) is 34.1 Å². The van der Waals surface area contributed by atoms with Crippen LogP contribution >= 0.6 is 22.7 Å². The van der Waals surface area contributed by atoms with Crippen molar-refractivity contribution in [3.63, 3.8) is 0 Å². The Labute approximate surface area is 298 Å². The molecular formula is C46H30N2S2. The van der Waals surface area contributed by atoms with Gasteiger partial charge in [-0.1, -0.05) is 72.8 Å². The molecule has 2 aromatic heterocycles. The maximum absolute atomic E-state index is 2.41. The second-order valence-electron chi connectivity index (χ2n) is 12.6. The molecule has 0 aliphatic rings. The molecule has 10 aromatic rings. The summed E-state index contributed by atoms with van der Waals surface area (Å²) in [6, 6.07) is 66.0. The molecule has 2 heterocycles. The Hall–Kier alpha value is -5.94. The number of anilines is 6. The predicted octanol–water partition coefficient (Wildman–Crippen LogP) is 14.5. The Morgan fingerprint density at radius 3 is 0.940 bits per heavy atom. The zero-order chi connectivity index (χ0) is 33.0. The number of hydrogen-bond donors (Lipinski definition) is 0. The van der Waals surface area contributed by atoms with Crippen LogP contribution in [-0.2, 0) is 0 Å². The van der Waals surface area contributed by atoms with Gasteiger partial charge in [0.25, 0.3) is 0 Å². The number of para-hydroxylation sites is 4. The summed E-state index contributed by atoms with van der Waals surface area (Å²) in [5, 5.41) is 7.75. The van der Waals surface area contributed by atoms with E-state index in [4.69, 9.17) is 0 Å². The van der Waals surface area contributed by atoms with Gasteiger partial charge in [-0.25, -0.2) is 0 Å². The van der Waals surface area contributed by atoms with Crippen molar-refractivity contribution < 1.29 is 0 Å². The molecule has 0 N–H and O–H groups in total. The summed E-state index contributed by atoms with van der Waals surface area (Å²) < 4.78 is 5.25. The van der Waals surface area contributed by atoms with Gasteiger partial charge in [-0.2, -0.15) is 0 Å². The van der Waals surface area contributed by atoms with E-state index >= 15 is 0 Å². The monoisotopic (exact) mass is 674 g/mol. The van der Waals surface area contributed by atoms with Crippen LogP contribution in [0.15, 0.2) is 182 Å². The highest BCUT2D eigenvalue weighted by Gasteiger charge is 2.17. The second-order valence-corrected chi connectivity index (χ2v) is 14.8. The smallest absolute Gasteiger partial charge is 0.0468 e. The Morgan fingerprint density at radius 1 is 0.260 bits per heavy atom. The average Bonchev–Trinajstić information content (AvgIpc) is 3.71. The minimum Gasteiger partial charge on any atom is -0.310 e. The number of hydrogen-bond acceptors (Lipinski definition) is 4. The van der Waals surface area contributed by atoms with E-state index in [9.17, 15) is 0 Å². The van der Waals surface area contributed by atoms with Crippen LogP contribution in [0.25, 0.3) is 51.1 Å². The molecule has 2 nitrogen and oxygen atoms in total. The van der Waals surface area contributed by atoms with Crippen LogP contribution in [0.2, 0.25) is 0 Å². The number of benzene rings is 8. The number of rotatable bonds is 6. The largest absolute Gasteiger partial charge is 0.310 e. The first-order chi connectivity index (χ1) is 24.8. The SMILES string of the molecule is c1ccc(N(c2ccccc2)c2ccc3sc4cc5cc6sc7ccc(N(c8ccccc8)c8ccccc8)cc7c6cc5cc4c3c2)cc1. The fourth-order valence-corrected chi connectivity index (χ4v) is 9.48. The fraction of sp³-hybridized carbons (Fsp3) is 0. The summed E-state index contributed by atoms with van der Waals surface area (Å²) in [7, 11) is 0. The molecule has 0 bridgehead atoms. The summed E-state index contributed by atoms with van der Waals surface area (Å²) in [4.78, 5) is 4.69. The molecule has 0 atom stereocenters. The van der Waals surface area contributed by atoms with Crippen molar-refractivity contribution in [1.82, 2.24) is 0 Å². The second kappa shape index (κ2) is 11.9. The van der Waals surface area contributed by atoms with Crippen LogP contribution < -0.4 is 9.80 Å². The molecule has 0 saturated heterocycles. The molecule has 0 saturated carbocycles. The summed E-state index contributed by atoms with van der Waals surface area (Å²) in [6.07, 6.45) is 0. The lowest BCUT2D eigenvalue weighted by atomic mass is 10.0. The van der Waals surface area contributed by atoms with Crippen LogP contribution in [-0.4, -0.2) is 0 Å². The maximum Gasteiger partial charge on any atom is 0.0468 e. The van der Waals surface area contributed by atoms with Gasteiger partial charge in [0.15, 0.2) is 0 Å². The normalized spacial score (nSPS) is 11.6. The number of fused-ring (bicyclic) bond motifs is 7. The van der Waals surface area contributed by atoms with Crippen LogP contribution in [0, 0.1) is 0 Å². The highest BCUT2D eigenvalue weighted by atomic mass is 32.1. The molecule has 0 spiro atoms. The van der Waals surface area contributed by atoms with Crippen molar-refractivity contribution in [2.45, 2.75) is 0 Å². The van der Waals surface area contributed by atoms with Crippen molar-refractivity contribution in [3.8, 4) is 0 Å². The van der Waals surface area contributed by atoms with Crippen molar-refractivity contribution >= 4 is 108 Å². The standard InChI is InChI=1S/C46H30N2S2/c1-5-13-33(14-6-1)47(34-15-7-2-8-16-34)37-21-23-43-41(29-37)39-25-31-26-40-42-30-38(22-24-44(42)50-46(40)28-32(31)27-45(39)49-43)48(35-17-9-3-10-18-35)36-19-11-4-12-20-36/h1-30H. The van der Waals surface area contributed by atoms with E-state index in [-0.39, 0.29) is 0 Å². The Morgan fingerprint density at radius 2 is 0.580 bits per heavy atom. The molecule has 0 fully saturated rings. The van der Waals surface area contributed by atoms with Crippen LogP contribution in [0.4, 0.5) is 34.1 Å². The summed E-state index contributed by atoms with van der Waals surface area (Å²) in [5.41, 5.74) is 6.89. The molecule has 10 rings (SSSR count). The van der Waals surface area contributed by atoms with Gasteiger partial charge in [-0.3, -0.25) is 0 Å². The van der Waals surface area contributed by atoms with Gasteiger partial charge in [0, 0.05) is 74.5 Å². The lowest BCUT2D eigenvalue weighted by Crippen LogP contribution is -2.09. The summed E-state index contributed by atoms with van der Waals surface area (Å²) >= 11 is 3.76. The lowest BCUT2D eigenvalue weighted by molar-refractivity contribution is 1.29. The van der Waals surface area contributed by atoms with E-state index in [1.807, 2.05) is 22.7 Å². The molecule has 236 valence electrons. The maximum atomic E-state index is 2.41. The Kier molecular flexibility index (Phi) is 6.90. The number of nitrogens with zero attached hydrogens (tertiary/aromatic N) is 2. The minimum atomic E-state index is 1.15. The van der Waals surface area contributed by atoms with Crippen molar-refractivity contribution in [2.75, 3.05) is 9.80 Å². The molecule has 0 aliphatic heterocycles. The first kappa shape index (κ1) is 29.0. The van der Waals surface area contributed by atoms with Crippen molar-refractivity contribution in [2.24, 2.45) is 0 Å². The van der Waals surface area contributed by atoms with E-state index in [0.29, 0.717) is 0 Å². The molecule has 0 radical (unpaired) electrons. The third kappa shape index (κ3) is 4.92. The van der Waals surface area contributed by atoms with Crippen molar-refractivity contribution in [1.29, 1.82) is 0 Å². The highest BCUT2D eigenvalue weighted by Crippen LogP contribution is 2.45. The molecule has 50 heavy (non-hydrogen) atoms. The van der Waals surface area contributed by atoms with E-state index in [2.05, 4.69) is 192 Å². The highest BCUT2D eigenvalue weighted by molar-refractivity contribution is 7.26. The van der Waals surface area contributed by atoms with Crippen LogP contribution in [0.3, 0.4) is 0 Å². The topological polar surface area (TPSA) is 6.48 Å². The first-order valence-corrected chi connectivity index (χ1v) is 18.5. The van der Waals surface area contributed by atoms with E-state index in [1.54, 1.807) is 0 Å². The van der Waals surface area contributed by atoms with Gasteiger partial charge in [-0.05, 0) is 120 Å². The third-order valence-electron chi connectivity index (χ3n) is 9.56. The molecule has 0 aliphatic carbocycles. The van der Waals surface area contributed by atoms with Crippen LogP contribution in [0.5, 0.6) is 0 Å². The summed E-state index contributed by atoms with van der Waals surface area (Å²) in [5.74, 6) is 0. The predicted molar refractivity (Wildman–Crippen MR) is 219 cm³/mol. The van der Waals surface area contributed by atoms with Gasteiger partial charge >= 0.3 is 0 Å². The molecule has 4 heteroatoms. The van der Waals surface area contributed by atoms with Gasteiger partial charge in [0.1, 0.15) is 0 Å². The zero-order valence-corrected chi connectivity index (χ0v) is 28.7. The molecule has 8 aromatic carbocycles. The Balaban J connectivity index is 1.13. The van der Waals surface area contributed by atoms with Crippen LogP contribution in [0.1, 0.15) is 0 Å². The van der Waals surface area contributed by atoms with E-state index < -0.39 is 0 Å². The van der Waals surface area contributed by atoms with Gasteiger partial charge < -0.3 is 9.80 Å². The van der Waals surface area contributed by atoms with Gasteiger partial charge in [0.2, 0.25) is 0 Å². The van der Waals surface area contributed by atoms with Crippen molar-refractivity contribution in [3.05, 3.63) is 182 Å². The third-order valence-corrected chi connectivity index (χ3v) is 11.8. The van der Waals surface area contributed by atoms with E-state index in [1.165, 1.54) is 51.1 Å². The fourth-order valence-electron chi connectivity index (χ4n) is 7.25. The minimum absolute atomic E-state index is 1.15. The lowest BCUT2D eigenvalue weighted by Gasteiger charge is -2.25. The van der Waals surface area contributed by atoms with Gasteiger partial charge in [-0.15, -0.1) is 22.7 Å². The quantitative estimate of drug-likeness (QED) is 0.173. The molecule has 0 unspecified atom stereocenters. The molecular weight excluding hydrogens is 645 g/mol. The Bertz CT molecular complexity index is 2540.